The molecule has 0 saturated carbocycles. The number of aromatic carboxylic acids is 1. The van der Waals surface area contributed by atoms with Crippen molar-refractivity contribution in [1.82, 2.24) is 4.90 Å². The maximum Gasteiger partial charge on any atom is 0.471 e. The van der Waals surface area contributed by atoms with E-state index in [4.69, 9.17) is 5.11 Å². The third kappa shape index (κ3) is 2.59. The van der Waals surface area contributed by atoms with Gasteiger partial charge in [-0.3, -0.25) is 4.79 Å². The molecule has 1 amide bonds. The number of amides is 1. The molecule has 0 bridgehead atoms. The summed E-state index contributed by atoms with van der Waals surface area (Å²) in [5.74, 6) is -4.46. The summed E-state index contributed by atoms with van der Waals surface area (Å²) in [6.07, 6.45) is -4.92. The van der Waals surface area contributed by atoms with Gasteiger partial charge in [0.15, 0.2) is 0 Å². The normalized spacial score (nSPS) is 14.9. The van der Waals surface area contributed by atoms with Gasteiger partial charge in [-0.25, -0.2) is 9.18 Å². The summed E-state index contributed by atoms with van der Waals surface area (Å²) in [6.45, 7) is -0.569. The molecule has 4 nitrogen and oxygen atoms in total. The van der Waals surface area contributed by atoms with Gasteiger partial charge in [0.1, 0.15) is 5.82 Å². The fourth-order valence-corrected chi connectivity index (χ4v) is 2.10. The number of fused-ring (bicyclic) bond motifs is 1. The predicted molar refractivity (Wildman–Crippen MR) is 58.5 cm³/mol. The number of alkyl halides is 3. The lowest BCUT2D eigenvalue weighted by atomic mass is 9.96. The Kier molecular flexibility index (Phi) is 3.41. The standard InChI is InChI=1S/C12H9F4NO3/c13-9-4-7-5-17(11(20)12(14,15)16)2-1-6(7)3-8(9)10(18)19/h3-4H,1-2,5H2,(H,18,19). The van der Waals surface area contributed by atoms with Gasteiger partial charge in [-0.05, 0) is 29.7 Å². The topological polar surface area (TPSA) is 57.6 Å². The lowest BCUT2D eigenvalue weighted by Gasteiger charge is -2.29. The second kappa shape index (κ2) is 4.77. The van der Waals surface area contributed by atoms with Gasteiger partial charge in [-0.1, -0.05) is 0 Å². The summed E-state index contributed by atoms with van der Waals surface area (Å²) in [6, 6.07) is 1.97. The molecule has 0 radical (unpaired) electrons. The molecule has 1 aliphatic heterocycles. The van der Waals surface area contributed by atoms with Gasteiger partial charge in [0.05, 0.1) is 5.56 Å². The van der Waals surface area contributed by atoms with Crippen molar-refractivity contribution in [2.45, 2.75) is 19.1 Å². The van der Waals surface area contributed by atoms with Gasteiger partial charge in [-0.15, -0.1) is 0 Å². The Hall–Kier alpha value is -2.12. The minimum absolute atomic E-state index is 0.0533. The van der Waals surface area contributed by atoms with Gasteiger partial charge >= 0.3 is 18.1 Å². The summed E-state index contributed by atoms with van der Waals surface area (Å²) in [5, 5.41) is 8.76. The molecule has 0 spiro atoms. The number of halogens is 4. The zero-order valence-electron chi connectivity index (χ0n) is 10.00. The van der Waals surface area contributed by atoms with Crippen molar-refractivity contribution in [3.05, 3.63) is 34.6 Å². The lowest BCUT2D eigenvalue weighted by Crippen LogP contribution is -2.43. The van der Waals surface area contributed by atoms with Gasteiger partial charge in [0.2, 0.25) is 0 Å². The molecule has 108 valence electrons. The van der Waals surface area contributed by atoms with Crippen LogP contribution in [0.15, 0.2) is 12.1 Å². The Labute approximate surface area is 110 Å². The van der Waals surface area contributed by atoms with Crippen molar-refractivity contribution in [1.29, 1.82) is 0 Å². The highest BCUT2D eigenvalue weighted by Crippen LogP contribution is 2.26. The fraction of sp³-hybridized carbons (Fsp3) is 0.333. The van der Waals surface area contributed by atoms with E-state index in [-0.39, 0.29) is 25.1 Å². The van der Waals surface area contributed by atoms with Gasteiger partial charge < -0.3 is 10.0 Å². The number of carbonyl (C=O) groups is 2. The minimum atomic E-state index is -4.98. The van der Waals surface area contributed by atoms with Crippen molar-refractivity contribution in [3.63, 3.8) is 0 Å². The van der Waals surface area contributed by atoms with E-state index < -0.39 is 29.4 Å². The lowest BCUT2D eigenvalue weighted by molar-refractivity contribution is -0.186. The number of carboxylic acids is 1. The van der Waals surface area contributed by atoms with Crippen LogP contribution < -0.4 is 0 Å². The maximum absolute atomic E-state index is 13.5. The molecule has 0 atom stereocenters. The van der Waals surface area contributed by atoms with Crippen LogP contribution in [0.5, 0.6) is 0 Å². The number of nitrogens with zero attached hydrogens (tertiary/aromatic N) is 1. The fourth-order valence-electron chi connectivity index (χ4n) is 2.10. The van der Waals surface area contributed by atoms with E-state index in [2.05, 4.69) is 0 Å². The molecule has 8 heteroatoms. The Balaban J connectivity index is 2.30. The Morgan fingerprint density at radius 1 is 1.20 bits per heavy atom. The van der Waals surface area contributed by atoms with Crippen molar-refractivity contribution >= 4 is 11.9 Å². The molecule has 1 aliphatic rings. The molecule has 0 fully saturated rings. The molecular formula is C12H9F4NO3. The van der Waals surface area contributed by atoms with Crippen LogP contribution in [0.4, 0.5) is 17.6 Å². The second-order valence-corrected chi connectivity index (χ2v) is 4.38. The molecule has 0 aromatic heterocycles. The van der Waals surface area contributed by atoms with Gasteiger partial charge in [0, 0.05) is 13.1 Å². The van der Waals surface area contributed by atoms with Crippen LogP contribution in [0, 0.1) is 5.82 Å². The van der Waals surface area contributed by atoms with Gasteiger partial charge in [0.25, 0.3) is 0 Å². The van der Waals surface area contributed by atoms with Crippen LogP contribution in [-0.4, -0.2) is 34.6 Å². The summed E-state index contributed by atoms with van der Waals surface area (Å²) >= 11 is 0. The smallest absolute Gasteiger partial charge is 0.471 e. The van der Waals surface area contributed by atoms with Crippen molar-refractivity contribution in [2.24, 2.45) is 0 Å². The minimum Gasteiger partial charge on any atom is -0.478 e. The number of benzene rings is 1. The highest BCUT2D eigenvalue weighted by Gasteiger charge is 2.43. The van der Waals surface area contributed by atoms with Crippen LogP contribution >= 0.6 is 0 Å². The number of hydrogen-bond acceptors (Lipinski definition) is 2. The highest BCUT2D eigenvalue weighted by atomic mass is 19.4. The number of hydrogen-bond donors (Lipinski definition) is 1. The first-order chi connectivity index (χ1) is 9.20. The molecular weight excluding hydrogens is 282 g/mol. The number of carbonyl (C=O) groups excluding carboxylic acids is 1. The zero-order chi connectivity index (χ0) is 15.1. The summed E-state index contributed by atoms with van der Waals surface area (Å²) < 4.78 is 50.4. The Bertz CT molecular complexity index is 583. The largest absolute Gasteiger partial charge is 0.478 e. The number of carboxylic acid groups (broad SMARTS) is 1. The third-order valence-electron chi connectivity index (χ3n) is 3.06. The molecule has 1 heterocycles. The SMILES string of the molecule is O=C(O)c1cc2c(cc1F)CN(C(=O)C(F)(F)F)CC2. The molecule has 1 aromatic rings. The summed E-state index contributed by atoms with van der Waals surface area (Å²) in [4.78, 5) is 22.4. The van der Waals surface area contributed by atoms with E-state index in [1.165, 1.54) is 0 Å². The Morgan fingerprint density at radius 3 is 2.40 bits per heavy atom. The van der Waals surface area contributed by atoms with Crippen molar-refractivity contribution in [3.8, 4) is 0 Å². The monoisotopic (exact) mass is 291 g/mol. The molecule has 0 aliphatic carbocycles. The average molecular weight is 291 g/mol. The average Bonchev–Trinajstić information content (AvgIpc) is 2.34. The van der Waals surface area contributed by atoms with Crippen LogP contribution in [0.2, 0.25) is 0 Å². The van der Waals surface area contributed by atoms with E-state index >= 15 is 0 Å². The van der Waals surface area contributed by atoms with E-state index in [1.807, 2.05) is 0 Å². The van der Waals surface area contributed by atoms with E-state index in [0.29, 0.717) is 10.5 Å². The predicted octanol–water partition coefficient (Wildman–Crippen LogP) is 1.97. The first kappa shape index (κ1) is 14.3. The van der Waals surface area contributed by atoms with Crippen LogP contribution in [0.3, 0.4) is 0 Å². The van der Waals surface area contributed by atoms with E-state index in [1.54, 1.807) is 0 Å². The summed E-state index contributed by atoms with van der Waals surface area (Å²) in [5.41, 5.74) is 0.103. The second-order valence-electron chi connectivity index (χ2n) is 4.38. The summed E-state index contributed by atoms with van der Waals surface area (Å²) in [7, 11) is 0. The number of rotatable bonds is 1. The molecule has 0 saturated heterocycles. The quantitative estimate of drug-likeness (QED) is 0.805. The zero-order valence-corrected chi connectivity index (χ0v) is 10.00. The van der Waals surface area contributed by atoms with E-state index in [0.717, 1.165) is 12.1 Å². The molecule has 20 heavy (non-hydrogen) atoms. The molecule has 0 unspecified atom stereocenters. The molecule has 2 rings (SSSR count). The van der Waals surface area contributed by atoms with E-state index in [9.17, 15) is 27.2 Å². The third-order valence-corrected chi connectivity index (χ3v) is 3.06. The van der Waals surface area contributed by atoms with Crippen LogP contribution in [0.25, 0.3) is 0 Å². The van der Waals surface area contributed by atoms with Crippen LogP contribution in [-0.2, 0) is 17.8 Å². The van der Waals surface area contributed by atoms with Crippen LogP contribution in [0.1, 0.15) is 21.5 Å². The Morgan fingerprint density at radius 2 is 1.85 bits per heavy atom. The van der Waals surface area contributed by atoms with Gasteiger partial charge in [-0.2, -0.15) is 13.2 Å². The first-order valence-corrected chi connectivity index (χ1v) is 5.61. The first-order valence-electron chi connectivity index (χ1n) is 5.61. The molecule has 1 aromatic carbocycles. The molecule has 1 N–H and O–H groups in total. The van der Waals surface area contributed by atoms with Crippen molar-refractivity contribution < 1.29 is 32.3 Å². The highest BCUT2D eigenvalue weighted by molar-refractivity contribution is 5.88. The maximum atomic E-state index is 13.5. The van der Waals surface area contributed by atoms with Crippen molar-refractivity contribution in [2.75, 3.05) is 6.54 Å².